The molecule has 0 aliphatic carbocycles. The van der Waals surface area contributed by atoms with Gasteiger partial charge in [0.1, 0.15) is 5.82 Å². The molecule has 154 valence electrons. The average Bonchev–Trinajstić information content (AvgIpc) is 2.76. The van der Waals surface area contributed by atoms with Crippen LogP contribution in [0.15, 0.2) is 65.5 Å². The second-order valence-electron chi connectivity index (χ2n) is 7.78. The van der Waals surface area contributed by atoms with Crippen LogP contribution in [0.5, 0.6) is 0 Å². The molecule has 0 unspecified atom stereocenters. The third-order valence-electron chi connectivity index (χ3n) is 5.67. The second-order valence-corrected chi connectivity index (χ2v) is 7.78. The van der Waals surface area contributed by atoms with Crippen molar-refractivity contribution in [3.05, 3.63) is 88.0 Å². The Bertz CT molecular complexity index is 1100. The van der Waals surface area contributed by atoms with Crippen molar-refractivity contribution in [3.8, 4) is 11.3 Å². The van der Waals surface area contributed by atoms with Gasteiger partial charge < -0.3 is 4.90 Å². The van der Waals surface area contributed by atoms with Gasteiger partial charge in [-0.05, 0) is 43.4 Å². The van der Waals surface area contributed by atoms with E-state index in [2.05, 4.69) is 5.10 Å². The minimum absolute atomic E-state index is 0.111. The molecule has 1 saturated heterocycles. The predicted molar refractivity (Wildman–Crippen MR) is 114 cm³/mol. The van der Waals surface area contributed by atoms with E-state index >= 15 is 0 Å². The summed E-state index contributed by atoms with van der Waals surface area (Å²) in [5, 5.41) is 4.62. The Kier molecular flexibility index (Phi) is 5.74. The molecule has 2 heterocycles. The van der Waals surface area contributed by atoms with Crippen molar-refractivity contribution in [1.29, 1.82) is 0 Å². The van der Waals surface area contributed by atoms with Gasteiger partial charge in [-0.25, -0.2) is 9.07 Å². The molecule has 1 aromatic heterocycles. The summed E-state index contributed by atoms with van der Waals surface area (Å²) < 4.78 is 15.5. The van der Waals surface area contributed by atoms with Gasteiger partial charge in [-0.2, -0.15) is 5.10 Å². The Labute approximate surface area is 174 Å². The lowest BCUT2D eigenvalue weighted by Gasteiger charge is -2.32. The average molecular weight is 405 g/mol. The molecule has 1 aliphatic heterocycles. The third kappa shape index (κ3) is 4.17. The van der Waals surface area contributed by atoms with Crippen LogP contribution in [-0.2, 0) is 6.54 Å². The molecule has 1 amide bonds. The Morgan fingerprint density at radius 3 is 2.43 bits per heavy atom. The number of benzene rings is 2. The zero-order chi connectivity index (χ0) is 21.1. The highest BCUT2D eigenvalue weighted by Gasteiger charge is 2.26. The van der Waals surface area contributed by atoms with Crippen molar-refractivity contribution in [1.82, 2.24) is 14.7 Å². The van der Waals surface area contributed by atoms with E-state index in [1.165, 1.54) is 16.8 Å². The van der Waals surface area contributed by atoms with Gasteiger partial charge in [-0.1, -0.05) is 42.5 Å². The molecule has 0 radical (unpaired) electrons. The predicted octanol–water partition coefficient (Wildman–Crippen LogP) is 3.91. The smallest absolute Gasteiger partial charge is 0.267 e. The zero-order valence-corrected chi connectivity index (χ0v) is 16.9. The number of rotatable bonds is 4. The van der Waals surface area contributed by atoms with Gasteiger partial charge in [0.2, 0.25) is 0 Å². The lowest BCUT2D eigenvalue weighted by Crippen LogP contribution is -2.40. The van der Waals surface area contributed by atoms with Gasteiger partial charge in [-0.3, -0.25) is 9.59 Å². The van der Waals surface area contributed by atoms with Crippen LogP contribution < -0.4 is 5.56 Å². The maximum absolute atomic E-state index is 13.9. The van der Waals surface area contributed by atoms with E-state index in [9.17, 15) is 14.0 Å². The van der Waals surface area contributed by atoms with E-state index in [-0.39, 0.29) is 22.9 Å². The number of piperidine rings is 1. The SMILES string of the molecule is Cc1cc(=O)n(CC2CCN(C(=O)c3ccccc3F)CC2)nc1-c1ccccc1. The molecule has 4 rings (SSSR count). The molecule has 0 N–H and O–H groups in total. The highest BCUT2D eigenvalue weighted by atomic mass is 19.1. The molecule has 3 aromatic rings. The fraction of sp³-hybridized carbons (Fsp3) is 0.292. The molecule has 30 heavy (non-hydrogen) atoms. The highest BCUT2D eigenvalue weighted by Crippen LogP contribution is 2.23. The highest BCUT2D eigenvalue weighted by molar-refractivity contribution is 5.94. The summed E-state index contributed by atoms with van der Waals surface area (Å²) in [5.41, 5.74) is 2.64. The number of nitrogens with zero attached hydrogens (tertiary/aromatic N) is 3. The Morgan fingerprint density at radius 1 is 1.07 bits per heavy atom. The van der Waals surface area contributed by atoms with Crippen LogP contribution in [0.1, 0.15) is 28.8 Å². The standard InChI is InChI=1S/C24H24FN3O2/c1-17-15-22(29)28(26-23(17)19-7-3-2-4-8-19)16-18-11-13-27(14-12-18)24(30)20-9-5-6-10-21(20)25/h2-10,15,18H,11-14,16H2,1H3. The van der Waals surface area contributed by atoms with Crippen molar-refractivity contribution in [2.45, 2.75) is 26.3 Å². The van der Waals surface area contributed by atoms with Crippen molar-refractivity contribution in [3.63, 3.8) is 0 Å². The minimum Gasteiger partial charge on any atom is -0.339 e. The first-order valence-corrected chi connectivity index (χ1v) is 10.2. The van der Waals surface area contributed by atoms with Gasteiger partial charge >= 0.3 is 0 Å². The summed E-state index contributed by atoms with van der Waals surface area (Å²) >= 11 is 0. The first-order valence-electron chi connectivity index (χ1n) is 10.2. The van der Waals surface area contributed by atoms with E-state index in [0.717, 1.165) is 29.7 Å². The quantitative estimate of drug-likeness (QED) is 0.661. The summed E-state index contributed by atoms with van der Waals surface area (Å²) in [4.78, 5) is 26.8. The van der Waals surface area contributed by atoms with Crippen LogP contribution in [0, 0.1) is 18.7 Å². The van der Waals surface area contributed by atoms with Crippen molar-refractivity contribution in [2.75, 3.05) is 13.1 Å². The van der Waals surface area contributed by atoms with Gasteiger partial charge in [0, 0.05) is 31.3 Å². The molecular formula is C24H24FN3O2. The van der Waals surface area contributed by atoms with Crippen molar-refractivity contribution >= 4 is 5.91 Å². The molecule has 2 aromatic carbocycles. The van der Waals surface area contributed by atoms with Crippen molar-refractivity contribution < 1.29 is 9.18 Å². The first-order chi connectivity index (χ1) is 14.5. The number of carbonyl (C=O) groups excluding carboxylic acids is 1. The summed E-state index contributed by atoms with van der Waals surface area (Å²) in [6.07, 6.45) is 1.51. The Hall–Kier alpha value is -3.28. The molecule has 1 aliphatic rings. The topological polar surface area (TPSA) is 55.2 Å². The normalized spacial score (nSPS) is 14.7. The number of amides is 1. The largest absolute Gasteiger partial charge is 0.339 e. The van der Waals surface area contributed by atoms with Crippen LogP contribution in [0.2, 0.25) is 0 Å². The molecular weight excluding hydrogens is 381 g/mol. The maximum Gasteiger partial charge on any atom is 0.267 e. The number of likely N-dealkylation sites (tertiary alicyclic amines) is 1. The van der Waals surface area contributed by atoms with Crippen LogP contribution in [-0.4, -0.2) is 33.7 Å². The van der Waals surface area contributed by atoms with E-state index in [1.54, 1.807) is 23.1 Å². The van der Waals surface area contributed by atoms with Crippen LogP contribution >= 0.6 is 0 Å². The Morgan fingerprint density at radius 2 is 1.73 bits per heavy atom. The number of aryl methyl sites for hydroxylation is 1. The monoisotopic (exact) mass is 405 g/mol. The molecule has 1 fully saturated rings. The molecule has 0 bridgehead atoms. The second kappa shape index (κ2) is 8.61. The fourth-order valence-electron chi connectivity index (χ4n) is 3.96. The lowest BCUT2D eigenvalue weighted by molar-refractivity contribution is 0.0676. The summed E-state index contributed by atoms with van der Waals surface area (Å²) in [6.45, 7) is 3.50. The maximum atomic E-state index is 13.9. The van der Waals surface area contributed by atoms with E-state index in [1.807, 2.05) is 37.3 Å². The summed E-state index contributed by atoms with van der Waals surface area (Å²) in [5.74, 6) is -0.525. The summed E-state index contributed by atoms with van der Waals surface area (Å²) in [7, 11) is 0. The van der Waals surface area contributed by atoms with Gasteiger partial charge in [-0.15, -0.1) is 0 Å². The number of carbonyl (C=O) groups is 1. The lowest BCUT2D eigenvalue weighted by atomic mass is 9.96. The molecule has 0 spiro atoms. The molecule has 0 saturated carbocycles. The van der Waals surface area contributed by atoms with Crippen LogP contribution in [0.3, 0.4) is 0 Å². The van der Waals surface area contributed by atoms with Gasteiger partial charge in [0.15, 0.2) is 0 Å². The van der Waals surface area contributed by atoms with Crippen LogP contribution in [0.4, 0.5) is 4.39 Å². The Balaban J connectivity index is 1.45. The molecule has 6 heteroatoms. The third-order valence-corrected chi connectivity index (χ3v) is 5.67. The first kappa shape index (κ1) is 20.0. The van der Waals surface area contributed by atoms with E-state index < -0.39 is 5.82 Å². The van der Waals surface area contributed by atoms with Crippen LogP contribution in [0.25, 0.3) is 11.3 Å². The fourth-order valence-corrected chi connectivity index (χ4v) is 3.96. The van der Waals surface area contributed by atoms with Gasteiger partial charge in [0.05, 0.1) is 11.3 Å². The minimum atomic E-state index is -0.492. The number of aromatic nitrogens is 2. The van der Waals surface area contributed by atoms with E-state index in [0.29, 0.717) is 19.6 Å². The summed E-state index contributed by atoms with van der Waals surface area (Å²) in [6, 6.07) is 17.5. The van der Waals surface area contributed by atoms with E-state index in [4.69, 9.17) is 0 Å². The number of hydrogen-bond acceptors (Lipinski definition) is 3. The number of hydrogen-bond donors (Lipinski definition) is 0. The molecule has 0 atom stereocenters. The zero-order valence-electron chi connectivity index (χ0n) is 16.9. The number of halogens is 1. The van der Waals surface area contributed by atoms with Gasteiger partial charge in [0.25, 0.3) is 11.5 Å². The molecule has 5 nitrogen and oxygen atoms in total. The van der Waals surface area contributed by atoms with Crippen molar-refractivity contribution in [2.24, 2.45) is 5.92 Å².